The highest BCUT2D eigenvalue weighted by atomic mass is 19.1. The first kappa shape index (κ1) is 17.3. The zero-order valence-corrected chi connectivity index (χ0v) is 14.4. The van der Waals surface area contributed by atoms with E-state index >= 15 is 0 Å². The lowest BCUT2D eigenvalue weighted by Crippen LogP contribution is -2.38. The molecule has 1 amide bonds. The van der Waals surface area contributed by atoms with Crippen LogP contribution in [0.4, 0.5) is 8.78 Å². The van der Waals surface area contributed by atoms with E-state index in [0.717, 1.165) is 12.8 Å². The Labute approximate surface area is 154 Å². The van der Waals surface area contributed by atoms with Crippen LogP contribution in [0.2, 0.25) is 0 Å². The van der Waals surface area contributed by atoms with Crippen molar-refractivity contribution in [1.82, 2.24) is 15.0 Å². The van der Waals surface area contributed by atoms with Crippen LogP contribution in [0, 0.1) is 11.6 Å². The lowest BCUT2D eigenvalue weighted by molar-refractivity contribution is 0.0561. The van der Waals surface area contributed by atoms with Crippen molar-refractivity contribution in [3.63, 3.8) is 0 Å². The van der Waals surface area contributed by atoms with Crippen molar-refractivity contribution in [2.45, 2.75) is 25.3 Å². The van der Waals surface area contributed by atoms with Crippen LogP contribution in [-0.2, 0) is 0 Å². The van der Waals surface area contributed by atoms with E-state index in [1.807, 2.05) is 0 Å². The van der Waals surface area contributed by atoms with Crippen molar-refractivity contribution >= 4 is 5.91 Å². The second kappa shape index (κ2) is 7.26. The van der Waals surface area contributed by atoms with Crippen LogP contribution in [0.1, 0.15) is 41.6 Å². The molecule has 0 aliphatic carbocycles. The number of carbonyl (C=O) groups excluding carboxylic acids is 1. The predicted molar refractivity (Wildman–Crippen MR) is 93.7 cm³/mol. The van der Waals surface area contributed by atoms with Gasteiger partial charge in [-0.25, -0.2) is 8.78 Å². The molecule has 1 aliphatic heterocycles. The van der Waals surface area contributed by atoms with Crippen molar-refractivity contribution in [1.29, 1.82) is 0 Å². The Morgan fingerprint density at radius 1 is 1.07 bits per heavy atom. The molecule has 27 heavy (non-hydrogen) atoms. The van der Waals surface area contributed by atoms with Gasteiger partial charge in [-0.3, -0.25) is 4.79 Å². The monoisotopic (exact) mass is 369 g/mol. The van der Waals surface area contributed by atoms with Crippen LogP contribution in [0.3, 0.4) is 0 Å². The first-order valence-corrected chi connectivity index (χ1v) is 8.78. The predicted octanol–water partition coefficient (Wildman–Crippen LogP) is 4.38. The second-order valence-corrected chi connectivity index (χ2v) is 6.48. The van der Waals surface area contributed by atoms with Crippen molar-refractivity contribution in [3.8, 4) is 11.4 Å². The Kier molecular flexibility index (Phi) is 4.66. The number of amides is 1. The van der Waals surface area contributed by atoms with Crippen LogP contribution < -0.4 is 0 Å². The largest absolute Gasteiger partial charge is 0.337 e. The lowest BCUT2D eigenvalue weighted by atomic mass is 10.0. The number of aromatic nitrogens is 2. The highest BCUT2D eigenvalue weighted by molar-refractivity contribution is 5.94. The maximum absolute atomic E-state index is 13.5. The van der Waals surface area contributed by atoms with Gasteiger partial charge in [0.15, 0.2) is 0 Å². The minimum atomic E-state index is -0.453. The Hall–Kier alpha value is -3.09. The zero-order chi connectivity index (χ0) is 18.8. The third-order valence-corrected chi connectivity index (χ3v) is 4.66. The molecule has 138 valence electrons. The fourth-order valence-corrected chi connectivity index (χ4v) is 3.31. The van der Waals surface area contributed by atoms with Gasteiger partial charge in [0.25, 0.3) is 5.91 Å². The molecule has 0 bridgehead atoms. The molecule has 2 heterocycles. The van der Waals surface area contributed by atoms with Gasteiger partial charge < -0.3 is 9.42 Å². The van der Waals surface area contributed by atoms with Crippen LogP contribution in [0.15, 0.2) is 53.1 Å². The molecule has 1 aliphatic rings. The molecule has 3 aromatic rings. The Morgan fingerprint density at radius 3 is 2.67 bits per heavy atom. The van der Waals surface area contributed by atoms with Crippen LogP contribution in [0.5, 0.6) is 0 Å². The summed E-state index contributed by atoms with van der Waals surface area (Å²) >= 11 is 0. The lowest BCUT2D eigenvalue weighted by Gasteiger charge is -2.33. The maximum atomic E-state index is 13.5. The summed E-state index contributed by atoms with van der Waals surface area (Å²) in [6.07, 6.45) is 2.47. The summed E-state index contributed by atoms with van der Waals surface area (Å²) < 4.78 is 32.0. The Morgan fingerprint density at radius 2 is 1.89 bits per heavy atom. The van der Waals surface area contributed by atoms with Gasteiger partial charge in [-0.2, -0.15) is 4.98 Å². The number of benzene rings is 2. The summed E-state index contributed by atoms with van der Waals surface area (Å²) in [6.45, 7) is 0.536. The number of hydrogen-bond acceptors (Lipinski definition) is 4. The molecule has 0 radical (unpaired) electrons. The number of hydrogen-bond donors (Lipinski definition) is 0. The van der Waals surface area contributed by atoms with Gasteiger partial charge in [-0.05, 0) is 61.7 Å². The number of carbonyl (C=O) groups is 1. The summed E-state index contributed by atoms with van der Waals surface area (Å²) in [5, 5.41) is 3.97. The van der Waals surface area contributed by atoms with E-state index in [1.165, 1.54) is 30.3 Å². The van der Waals surface area contributed by atoms with Crippen molar-refractivity contribution in [2.24, 2.45) is 0 Å². The molecule has 7 heteroatoms. The second-order valence-electron chi connectivity index (χ2n) is 6.48. The van der Waals surface area contributed by atoms with Crippen molar-refractivity contribution < 1.29 is 18.1 Å². The van der Waals surface area contributed by atoms with Crippen molar-refractivity contribution in [2.75, 3.05) is 6.54 Å². The number of rotatable bonds is 3. The molecular weight excluding hydrogens is 352 g/mol. The molecule has 1 unspecified atom stereocenters. The van der Waals surface area contributed by atoms with E-state index in [4.69, 9.17) is 4.52 Å². The van der Waals surface area contributed by atoms with E-state index in [2.05, 4.69) is 10.1 Å². The average Bonchev–Trinajstić information content (AvgIpc) is 3.18. The summed E-state index contributed by atoms with van der Waals surface area (Å²) in [7, 11) is 0. The standard InChI is InChI=1S/C20H17F2N3O2/c21-15-9-7-13(8-10-15)18-23-19(27-24-18)17-6-1-2-11-25(17)20(26)14-4-3-5-16(22)12-14/h3-5,7-10,12,17H,1-2,6,11H2. The topological polar surface area (TPSA) is 59.2 Å². The van der Waals surface area contributed by atoms with Gasteiger partial charge >= 0.3 is 0 Å². The Bertz CT molecular complexity index is 956. The summed E-state index contributed by atoms with van der Waals surface area (Å²) in [4.78, 5) is 18.9. The van der Waals surface area contributed by atoms with Gasteiger partial charge in [0, 0.05) is 17.7 Å². The number of halogens is 2. The zero-order valence-electron chi connectivity index (χ0n) is 14.4. The molecule has 1 atom stereocenters. The molecule has 1 aromatic heterocycles. The summed E-state index contributed by atoms with van der Waals surface area (Å²) in [5.74, 6) is -0.388. The molecule has 5 nitrogen and oxygen atoms in total. The highest BCUT2D eigenvalue weighted by Gasteiger charge is 2.33. The first-order valence-electron chi connectivity index (χ1n) is 8.78. The minimum absolute atomic E-state index is 0.263. The molecular formula is C20H17F2N3O2. The van der Waals surface area contributed by atoms with E-state index in [0.29, 0.717) is 35.8 Å². The van der Waals surface area contributed by atoms with Crippen LogP contribution in [0.25, 0.3) is 11.4 Å². The van der Waals surface area contributed by atoms with Gasteiger partial charge in [0.1, 0.15) is 17.7 Å². The van der Waals surface area contributed by atoms with E-state index < -0.39 is 5.82 Å². The first-order chi connectivity index (χ1) is 13.1. The molecule has 0 spiro atoms. The van der Waals surface area contributed by atoms with E-state index in [1.54, 1.807) is 23.1 Å². The van der Waals surface area contributed by atoms with Gasteiger partial charge in [-0.1, -0.05) is 11.2 Å². The van der Waals surface area contributed by atoms with Crippen LogP contribution >= 0.6 is 0 Å². The molecule has 1 fully saturated rings. The fourth-order valence-electron chi connectivity index (χ4n) is 3.31. The van der Waals surface area contributed by atoms with Crippen LogP contribution in [-0.4, -0.2) is 27.5 Å². The number of piperidine rings is 1. The third kappa shape index (κ3) is 3.58. The molecule has 1 saturated heterocycles. The Balaban J connectivity index is 1.61. The van der Waals surface area contributed by atoms with E-state index in [9.17, 15) is 13.6 Å². The van der Waals surface area contributed by atoms with Crippen molar-refractivity contribution in [3.05, 3.63) is 71.6 Å². The average molecular weight is 369 g/mol. The quantitative estimate of drug-likeness (QED) is 0.687. The highest BCUT2D eigenvalue weighted by Crippen LogP contribution is 2.32. The van der Waals surface area contributed by atoms with Gasteiger partial charge in [-0.15, -0.1) is 0 Å². The SMILES string of the molecule is O=C(c1cccc(F)c1)N1CCCCC1c1nc(-c2ccc(F)cc2)no1. The maximum Gasteiger partial charge on any atom is 0.254 e. The fraction of sp³-hybridized carbons (Fsp3) is 0.250. The third-order valence-electron chi connectivity index (χ3n) is 4.66. The smallest absolute Gasteiger partial charge is 0.254 e. The normalized spacial score (nSPS) is 17.1. The molecule has 0 saturated carbocycles. The minimum Gasteiger partial charge on any atom is -0.337 e. The molecule has 0 N–H and O–H groups in total. The summed E-state index contributed by atoms with van der Waals surface area (Å²) in [6, 6.07) is 11.1. The summed E-state index contributed by atoms with van der Waals surface area (Å²) in [5.41, 5.74) is 0.922. The number of likely N-dealkylation sites (tertiary alicyclic amines) is 1. The molecule has 2 aromatic carbocycles. The van der Waals surface area contributed by atoms with Gasteiger partial charge in [0.2, 0.25) is 11.7 Å². The molecule has 4 rings (SSSR count). The van der Waals surface area contributed by atoms with Gasteiger partial charge in [0.05, 0.1) is 0 Å². The number of nitrogens with zero attached hydrogens (tertiary/aromatic N) is 3. The van der Waals surface area contributed by atoms with E-state index in [-0.39, 0.29) is 17.8 Å².